The largest absolute Gasteiger partial charge is 0.465 e. The number of amides is 1. The second kappa shape index (κ2) is 5.37. The van der Waals surface area contributed by atoms with Gasteiger partial charge in [0.2, 0.25) is 0 Å². The number of cyclic esters (lactones) is 1. The summed E-state index contributed by atoms with van der Waals surface area (Å²) in [5.41, 5.74) is 3.86. The van der Waals surface area contributed by atoms with Gasteiger partial charge < -0.3 is 20.5 Å². The molecule has 112 valence electrons. The number of carbonyl (C=O) groups excluding carboxylic acids is 1. The molecule has 1 aromatic carbocycles. The Morgan fingerprint density at radius 3 is 3.00 bits per heavy atom. The normalized spacial score (nSPS) is 24.3. The maximum Gasteiger partial charge on any atom is 0.404 e. The Kier molecular flexibility index (Phi) is 3.55. The predicted molar refractivity (Wildman–Crippen MR) is 75.5 cm³/mol. The molecule has 3 rings (SSSR count). The molecule has 0 radical (unpaired) electrons. The molecule has 2 heterocycles. The minimum atomic E-state index is -0.993. The number of nitrogens with one attached hydrogen (secondary N) is 2. The maximum absolute atomic E-state index is 11.6. The van der Waals surface area contributed by atoms with Crippen molar-refractivity contribution in [3.63, 3.8) is 0 Å². The van der Waals surface area contributed by atoms with Crippen molar-refractivity contribution in [1.82, 2.24) is 10.6 Å². The molecule has 0 bridgehead atoms. The van der Waals surface area contributed by atoms with Crippen LogP contribution in [0.5, 0.6) is 0 Å². The molecule has 6 heteroatoms. The second-order valence-corrected chi connectivity index (χ2v) is 5.62. The Labute approximate surface area is 122 Å². The van der Waals surface area contributed by atoms with E-state index in [0.717, 1.165) is 29.7 Å². The first-order valence-electron chi connectivity index (χ1n) is 7.06. The number of esters is 1. The van der Waals surface area contributed by atoms with Crippen molar-refractivity contribution in [2.75, 3.05) is 13.1 Å². The van der Waals surface area contributed by atoms with E-state index in [1.807, 2.05) is 19.1 Å². The zero-order valence-corrected chi connectivity index (χ0v) is 11.8. The van der Waals surface area contributed by atoms with Crippen LogP contribution in [0.15, 0.2) is 12.1 Å². The van der Waals surface area contributed by atoms with Gasteiger partial charge >= 0.3 is 12.1 Å². The highest BCUT2D eigenvalue weighted by Crippen LogP contribution is 2.32. The molecule has 2 aliphatic heterocycles. The molecular formula is C15H18N2O4. The number of piperidine rings is 1. The van der Waals surface area contributed by atoms with Gasteiger partial charge in [0, 0.05) is 24.7 Å². The van der Waals surface area contributed by atoms with Gasteiger partial charge in [-0.2, -0.15) is 0 Å². The summed E-state index contributed by atoms with van der Waals surface area (Å²) in [5.74, 6) is -0.0246. The standard InChI is InChI=1S/C15H18N2O4/c1-8-11(2-3-12-13(8)7-21-14(12)18)9-4-10(6-16-5-9)17-15(19)20/h2-3,9-10,16-17H,4-7H2,1H3,(H,19,20). The third-order valence-corrected chi connectivity index (χ3v) is 4.33. The third-order valence-electron chi connectivity index (χ3n) is 4.33. The minimum absolute atomic E-state index is 0.0909. The van der Waals surface area contributed by atoms with Crippen molar-refractivity contribution in [2.24, 2.45) is 0 Å². The first kappa shape index (κ1) is 13.9. The van der Waals surface area contributed by atoms with Gasteiger partial charge in [-0.25, -0.2) is 9.59 Å². The molecular weight excluding hydrogens is 272 g/mol. The summed E-state index contributed by atoms with van der Waals surface area (Å²) in [6, 6.07) is 3.70. The molecule has 21 heavy (non-hydrogen) atoms. The Balaban J connectivity index is 1.84. The van der Waals surface area contributed by atoms with Gasteiger partial charge in [0.15, 0.2) is 0 Å². The van der Waals surface area contributed by atoms with E-state index in [9.17, 15) is 9.59 Å². The molecule has 1 amide bonds. The van der Waals surface area contributed by atoms with E-state index in [-0.39, 0.29) is 17.9 Å². The SMILES string of the molecule is Cc1c(C2CNCC(NC(=O)O)C2)ccc2c1COC2=O. The van der Waals surface area contributed by atoms with Crippen LogP contribution in [0, 0.1) is 6.92 Å². The molecule has 1 saturated heterocycles. The van der Waals surface area contributed by atoms with Crippen LogP contribution in [0.1, 0.15) is 39.4 Å². The molecule has 0 saturated carbocycles. The number of ether oxygens (including phenoxy) is 1. The van der Waals surface area contributed by atoms with Gasteiger partial charge in [0.25, 0.3) is 0 Å². The van der Waals surface area contributed by atoms with Crippen LogP contribution in [0.2, 0.25) is 0 Å². The zero-order chi connectivity index (χ0) is 15.0. The Morgan fingerprint density at radius 1 is 1.43 bits per heavy atom. The van der Waals surface area contributed by atoms with Gasteiger partial charge in [0.05, 0.1) is 5.56 Å². The average molecular weight is 290 g/mol. The summed E-state index contributed by atoms with van der Waals surface area (Å²) in [6.45, 7) is 3.80. The highest BCUT2D eigenvalue weighted by atomic mass is 16.5. The monoisotopic (exact) mass is 290 g/mol. The Morgan fingerprint density at radius 2 is 2.24 bits per heavy atom. The lowest BCUT2D eigenvalue weighted by Crippen LogP contribution is -2.47. The molecule has 0 aliphatic carbocycles. The van der Waals surface area contributed by atoms with E-state index in [2.05, 4.69) is 10.6 Å². The van der Waals surface area contributed by atoms with E-state index < -0.39 is 6.09 Å². The number of hydrogen-bond donors (Lipinski definition) is 3. The van der Waals surface area contributed by atoms with E-state index in [1.54, 1.807) is 0 Å². The first-order chi connectivity index (χ1) is 10.1. The number of benzene rings is 1. The summed E-state index contributed by atoms with van der Waals surface area (Å²) < 4.78 is 5.08. The average Bonchev–Trinajstić information content (AvgIpc) is 2.81. The fraction of sp³-hybridized carbons (Fsp3) is 0.467. The minimum Gasteiger partial charge on any atom is -0.465 e. The van der Waals surface area contributed by atoms with Crippen LogP contribution in [0.4, 0.5) is 4.79 Å². The van der Waals surface area contributed by atoms with Gasteiger partial charge in [0.1, 0.15) is 6.61 Å². The third kappa shape index (κ3) is 2.58. The number of fused-ring (bicyclic) bond motifs is 1. The fourth-order valence-electron chi connectivity index (χ4n) is 3.27. The van der Waals surface area contributed by atoms with Crippen molar-refractivity contribution >= 4 is 12.1 Å². The lowest BCUT2D eigenvalue weighted by molar-refractivity contribution is 0.0535. The van der Waals surface area contributed by atoms with Gasteiger partial charge in [-0.15, -0.1) is 0 Å². The molecule has 0 spiro atoms. The summed E-state index contributed by atoms with van der Waals surface area (Å²) in [4.78, 5) is 22.3. The van der Waals surface area contributed by atoms with Gasteiger partial charge in [-0.05, 0) is 36.5 Å². The second-order valence-electron chi connectivity index (χ2n) is 5.62. The quantitative estimate of drug-likeness (QED) is 0.716. The van der Waals surface area contributed by atoms with Crippen molar-refractivity contribution in [3.8, 4) is 0 Å². The Bertz CT molecular complexity index is 600. The highest BCUT2D eigenvalue weighted by Gasteiger charge is 2.29. The number of carboxylic acid groups (broad SMARTS) is 1. The number of carbonyl (C=O) groups is 2. The first-order valence-corrected chi connectivity index (χ1v) is 7.06. The van der Waals surface area contributed by atoms with E-state index in [1.165, 1.54) is 0 Å². The van der Waals surface area contributed by atoms with Crippen LogP contribution < -0.4 is 10.6 Å². The van der Waals surface area contributed by atoms with Crippen molar-refractivity contribution in [1.29, 1.82) is 0 Å². The van der Waals surface area contributed by atoms with Crippen LogP contribution in [-0.4, -0.2) is 36.3 Å². The smallest absolute Gasteiger partial charge is 0.404 e. The van der Waals surface area contributed by atoms with Gasteiger partial charge in [-0.1, -0.05) is 6.07 Å². The summed E-state index contributed by atoms with van der Waals surface area (Å²) in [7, 11) is 0. The number of rotatable bonds is 2. The van der Waals surface area contributed by atoms with Crippen LogP contribution >= 0.6 is 0 Å². The van der Waals surface area contributed by atoms with Crippen LogP contribution in [-0.2, 0) is 11.3 Å². The highest BCUT2D eigenvalue weighted by molar-refractivity contribution is 5.94. The van der Waals surface area contributed by atoms with E-state index in [0.29, 0.717) is 18.7 Å². The number of hydrogen-bond acceptors (Lipinski definition) is 4. The molecule has 2 aliphatic rings. The van der Waals surface area contributed by atoms with Crippen molar-refractivity contribution in [3.05, 3.63) is 34.4 Å². The Hall–Kier alpha value is -2.08. The molecule has 6 nitrogen and oxygen atoms in total. The molecule has 2 unspecified atom stereocenters. The lowest BCUT2D eigenvalue weighted by Gasteiger charge is -2.31. The van der Waals surface area contributed by atoms with Crippen molar-refractivity contribution in [2.45, 2.75) is 31.9 Å². The van der Waals surface area contributed by atoms with Gasteiger partial charge in [-0.3, -0.25) is 0 Å². The summed E-state index contributed by atoms with van der Waals surface area (Å²) >= 11 is 0. The summed E-state index contributed by atoms with van der Waals surface area (Å²) in [5, 5.41) is 14.6. The van der Waals surface area contributed by atoms with Crippen molar-refractivity contribution < 1.29 is 19.4 Å². The molecule has 2 atom stereocenters. The fourth-order valence-corrected chi connectivity index (χ4v) is 3.27. The van der Waals surface area contributed by atoms with E-state index in [4.69, 9.17) is 9.84 Å². The molecule has 3 N–H and O–H groups in total. The zero-order valence-electron chi connectivity index (χ0n) is 11.8. The molecule has 0 aromatic heterocycles. The molecule has 1 fully saturated rings. The maximum atomic E-state index is 11.6. The topological polar surface area (TPSA) is 87.7 Å². The summed E-state index contributed by atoms with van der Waals surface area (Å²) in [6.07, 6.45) is -0.236. The molecule has 1 aromatic rings. The van der Waals surface area contributed by atoms with Crippen LogP contribution in [0.25, 0.3) is 0 Å². The van der Waals surface area contributed by atoms with E-state index >= 15 is 0 Å². The predicted octanol–water partition coefficient (Wildman–Crippen LogP) is 1.38. The lowest BCUT2D eigenvalue weighted by atomic mass is 9.84. The van der Waals surface area contributed by atoms with Crippen LogP contribution in [0.3, 0.4) is 0 Å².